The van der Waals surface area contributed by atoms with Crippen molar-refractivity contribution in [3.8, 4) is 34.3 Å². The van der Waals surface area contributed by atoms with Gasteiger partial charge in [0.15, 0.2) is 11.6 Å². The number of hydrogen-bond acceptors (Lipinski definition) is 5. The number of benzene rings is 3. The molecule has 6 nitrogen and oxygen atoms in total. The largest absolute Gasteiger partial charge is 0.492 e. The first-order chi connectivity index (χ1) is 17.2. The molecule has 0 fully saturated rings. The van der Waals surface area contributed by atoms with Crippen molar-refractivity contribution in [3.05, 3.63) is 82.9 Å². The number of aromatic nitrogens is 3. The van der Waals surface area contributed by atoms with Gasteiger partial charge in [0.05, 0.1) is 30.4 Å². The highest BCUT2D eigenvalue weighted by molar-refractivity contribution is 5.72. The molecule has 0 N–H and O–H groups in total. The first-order valence-electron chi connectivity index (χ1n) is 12.2. The second-order valence-corrected chi connectivity index (χ2v) is 9.19. The fourth-order valence-corrected chi connectivity index (χ4v) is 5.27. The monoisotopic (exact) mass is 467 g/mol. The van der Waals surface area contributed by atoms with Crippen LogP contribution in [0.3, 0.4) is 0 Å². The van der Waals surface area contributed by atoms with E-state index in [4.69, 9.17) is 24.3 Å². The van der Waals surface area contributed by atoms with Gasteiger partial charge in [-0.1, -0.05) is 42.5 Å². The lowest BCUT2D eigenvalue weighted by Gasteiger charge is -2.16. The normalized spacial score (nSPS) is 16.1. The molecule has 6 rings (SSSR count). The lowest BCUT2D eigenvalue weighted by Crippen LogP contribution is -2.11. The van der Waals surface area contributed by atoms with Gasteiger partial charge in [-0.15, -0.1) is 5.10 Å². The Hall–Kier alpha value is -3.64. The zero-order chi connectivity index (χ0) is 23.8. The van der Waals surface area contributed by atoms with Gasteiger partial charge >= 0.3 is 0 Å². The maximum Gasteiger partial charge on any atom is 0.185 e. The number of ether oxygens (including phenoxy) is 3. The molecule has 1 aromatic heterocycles. The second-order valence-electron chi connectivity index (χ2n) is 9.19. The van der Waals surface area contributed by atoms with Crippen LogP contribution in [0.4, 0.5) is 0 Å². The fourth-order valence-electron chi connectivity index (χ4n) is 5.27. The molecule has 0 saturated carbocycles. The van der Waals surface area contributed by atoms with E-state index in [0.717, 1.165) is 47.7 Å². The maximum atomic E-state index is 6.11. The first kappa shape index (κ1) is 21.9. The summed E-state index contributed by atoms with van der Waals surface area (Å²) in [6.07, 6.45) is 2.96. The minimum Gasteiger partial charge on any atom is -0.492 e. The summed E-state index contributed by atoms with van der Waals surface area (Å²) in [5.74, 6) is 3.19. The van der Waals surface area contributed by atoms with Crippen molar-refractivity contribution in [1.29, 1.82) is 0 Å². The highest BCUT2D eigenvalue weighted by atomic mass is 16.5. The van der Waals surface area contributed by atoms with Crippen LogP contribution in [0.1, 0.15) is 34.7 Å². The van der Waals surface area contributed by atoms with E-state index < -0.39 is 0 Å². The standard InChI is InChI=1S/C29H29N3O3/c1-19-17-21-13-14-35-27(21)24(18-19)29-30-28(23-9-5-6-10-26(23)34-16-15-33-2)31-32(29)25-12-11-20-7-3-4-8-22(20)25/h3-10,17-18,25H,11-16H2,1-2H3. The molecule has 1 aliphatic carbocycles. The van der Waals surface area contributed by atoms with Gasteiger partial charge in [0.2, 0.25) is 0 Å². The number of rotatable bonds is 7. The van der Waals surface area contributed by atoms with Crippen molar-refractivity contribution in [2.24, 2.45) is 0 Å². The third-order valence-electron chi connectivity index (χ3n) is 6.87. The second kappa shape index (κ2) is 9.19. The van der Waals surface area contributed by atoms with Crippen LogP contribution in [-0.4, -0.2) is 41.7 Å². The zero-order valence-corrected chi connectivity index (χ0v) is 20.2. The van der Waals surface area contributed by atoms with Gasteiger partial charge < -0.3 is 14.2 Å². The number of methoxy groups -OCH3 is 1. The molecule has 0 radical (unpaired) electrons. The van der Waals surface area contributed by atoms with Crippen LogP contribution in [0.15, 0.2) is 60.7 Å². The summed E-state index contributed by atoms with van der Waals surface area (Å²) in [6.45, 7) is 3.83. The number of hydrogen-bond donors (Lipinski definition) is 0. The van der Waals surface area contributed by atoms with Gasteiger partial charge in [0, 0.05) is 13.5 Å². The van der Waals surface area contributed by atoms with Crippen LogP contribution < -0.4 is 9.47 Å². The molecule has 0 bridgehead atoms. The summed E-state index contributed by atoms with van der Waals surface area (Å²) in [5.41, 5.74) is 7.04. The average molecular weight is 468 g/mol. The Morgan fingerprint density at radius 3 is 2.74 bits per heavy atom. The highest BCUT2D eigenvalue weighted by Gasteiger charge is 2.31. The van der Waals surface area contributed by atoms with Crippen molar-refractivity contribution in [2.75, 3.05) is 26.9 Å². The Morgan fingerprint density at radius 2 is 1.83 bits per heavy atom. The Kier molecular flexibility index (Phi) is 5.74. The van der Waals surface area contributed by atoms with E-state index in [-0.39, 0.29) is 6.04 Å². The van der Waals surface area contributed by atoms with E-state index in [9.17, 15) is 0 Å². The third kappa shape index (κ3) is 3.98. The molecule has 1 unspecified atom stereocenters. The molecule has 1 aliphatic heterocycles. The predicted molar refractivity (Wildman–Crippen MR) is 135 cm³/mol. The number of fused-ring (bicyclic) bond motifs is 2. The average Bonchev–Trinajstić information content (AvgIpc) is 3.62. The fraction of sp³-hybridized carbons (Fsp3) is 0.310. The van der Waals surface area contributed by atoms with Crippen LogP contribution in [0.25, 0.3) is 22.8 Å². The topological polar surface area (TPSA) is 58.4 Å². The minimum atomic E-state index is 0.126. The van der Waals surface area contributed by atoms with Crippen molar-refractivity contribution in [2.45, 2.75) is 32.2 Å². The van der Waals surface area contributed by atoms with Crippen molar-refractivity contribution in [3.63, 3.8) is 0 Å². The Labute approximate surface area is 205 Å². The van der Waals surface area contributed by atoms with Crippen molar-refractivity contribution < 1.29 is 14.2 Å². The SMILES string of the molecule is COCCOc1ccccc1-c1nc(-c2cc(C)cc3c2OCC3)n(C2CCc3ccccc32)n1. The summed E-state index contributed by atoms with van der Waals surface area (Å²) in [6, 6.07) is 21.1. The lowest BCUT2D eigenvalue weighted by atomic mass is 10.0. The van der Waals surface area contributed by atoms with Crippen LogP contribution in [0, 0.1) is 6.92 Å². The summed E-state index contributed by atoms with van der Waals surface area (Å²) in [4.78, 5) is 5.14. The smallest absolute Gasteiger partial charge is 0.185 e. The lowest BCUT2D eigenvalue weighted by molar-refractivity contribution is 0.146. The minimum absolute atomic E-state index is 0.126. The van der Waals surface area contributed by atoms with Crippen LogP contribution in [0.5, 0.6) is 11.5 Å². The van der Waals surface area contributed by atoms with Crippen LogP contribution >= 0.6 is 0 Å². The van der Waals surface area contributed by atoms with E-state index in [1.807, 2.05) is 24.3 Å². The molecule has 6 heteroatoms. The van der Waals surface area contributed by atoms with E-state index >= 15 is 0 Å². The molecule has 0 saturated heterocycles. The summed E-state index contributed by atoms with van der Waals surface area (Å²) >= 11 is 0. The first-order valence-corrected chi connectivity index (χ1v) is 12.2. The van der Waals surface area contributed by atoms with Crippen LogP contribution in [-0.2, 0) is 17.6 Å². The molecular formula is C29H29N3O3. The van der Waals surface area contributed by atoms with Gasteiger partial charge in [0.25, 0.3) is 0 Å². The van der Waals surface area contributed by atoms with E-state index in [0.29, 0.717) is 25.6 Å². The molecule has 0 spiro atoms. The predicted octanol–water partition coefficient (Wildman–Crippen LogP) is 5.42. The van der Waals surface area contributed by atoms with Crippen molar-refractivity contribution in [1.82, 2.24) is 14.8 Å². The van der Waals surface area contributed by atoms with Gasteiger partial charge in [-0.05, 0) is 60.2 Å². The molecule has 2 aliphatic rings. The molecule has 178 valence electrons. The van der Waals surface area contributed by atoms with Gasteiger partial charge in [-0.25, -0.2) is 9.67 Å². The molecule has 2 heterocycles. The van der Waals surface area contributed by atoms with Gasteiger partial charge in [-0.2, -0.15) is 0 Å². The third-order valence-corrected chi connectivity index (χ3v) is 6.87. The van der Waals surface area contributed by atoms with E-state index in [2.05, 4.69) is 48.0 Å². The zero-order valence-electron chi connectivity index (χ0n) is 20.2. The Bertz CT molecular complexity index is 1380. The van der Waals surface area contributed by atoms with E-state index in [1.165, 1.54) is 22.3 Å². The van der Waals surface area contributed by atoms with Gasteiger partial charge in [-0.3, -0.25) is 0 Å². The Balaban J connectivity index is 1.51. The number of aryl methyl sites for hydroxylation is 2. The quantitative estimate of drug-likeness (QED) is 0.340. The molecular weight excluding hydrogens is 438 g/mol. The van der Waals surface area contributed by atoms with Crippen LogP contribution in [0.2, 0.25) is 0 Å². The van der Waals surface area contributed by atoms with E-state index in [1.54, 1.807) is 7.11 Å². The highest BCUT2D eigenvalue weighted by Crippen LogP contribution is 2.42. The maximum absolute atomic E-state index is 6.11. The molecule has 1 atom stereocenters. The molecule has 0 amide bonds. The number of para-hydroxylation sites is 1. The summed E-state index contributed by atoms with van der Waals surface area (Å²) in [7, 11) is 1.67. The Morgan fingerprint density at radius 1 is 0.971 bits per heavy atom. The summed E-state index contributed by atoms with van der Waals surface area (Å²) < 4.78 is 19.4. The molecule has 3 aromatic carbocycles. The van der Waals surface area contributed by atoms with Gasteiger partial charge in [0.1, 0.15) is 18.1 Å². The molecule has 35 heavy (non-hydrogen) atoms. The number of nitrogens with zero attached hydrogens (tertiary/aromatic N) is 3. The summed E-state index contributed by atoms with van der Waals surface area (Å²) in [5, 5.41) is 5.12. The molecule has 4 aromatic rings. The van der Waals surface area contributed by atoms with Crippen molar-refractivity contribution >= 4 is 0 Å².